The predicted molar refractivity (Wildman–Crippen MR) is 60.7 cm³/mol. The van der Waals surface area contributed by atoms with Gasteiger partial charge in [0.05, 0.1) is 0 Å². The van der Waals surface area contributed by atoms with Crippen molar-refractivity contribution in [2.45, 2.75) is 53.5 Å². The van der Waals surface area contributed by atoms with Gasteiger partial charge in [0.15, 0.2) is 0 Å². The maximum Gasteiger partial charge on any atom is 0.0284 e. The van der Waals surface area contributed by atoms with Crippen molar-refractivity contribution in [2.75, 3.05) is 6.54 Å². The van der Waals surface area contributed by atoms with E-state index in [0.717, 1.165) is 12.3 Å². The summed E-state index contributed by atoms with van der Waals surface area (Å²) < 4.78 is 0. The lowest BCUT2D eigenvalue weighted by Crippen LogP contribution is -2.27. The fourth-order valence-corrected chi connectivity index (χ4v) is 1.74. The Morgan fingerprint density at radius 3 is 2.23 bits per heavy atom. The molecule has 0 amide bonds. The lowest BCUT2D eigenvalue weighted by atomic mass is 10.1. The van der Waals surface area contributed by atoms with Gasteiger partial charge in [0, 0.05) is 18.3 Å². The molecule has 1 rings (SSSR count). The zero-order chi connectivity index (χ0) is 10.4. The van der Waals surface area contributed by atoms with Crippen molar-refractivity contribution in [1.82, 2.24) is 4.90 Å². The molecule has 1 saturated heterocycles. The second-order valence-corrected chi connectivity index (χ2v) is 3.62. The molecule has 0 saturated carbocycles. The van der Waals surface area contributed by atoms with Gasteiger partial charge in [-0.25, -0.2) is 0 Å². The van der Waals surface area contributed by atoms with E-state index in [1.807, 2.05) is 13.8 Å². The highest BCUT2D eigenvalue weighted by molar-refractivity contribution is 4.99. The molecule has 0 aromatic carbocycles. The zero-order valence-corrected chi connectivity index (χ0v) is 9.93. The van der Waals surface area contributed by atoms with Crippen LogP contribution < -0.4 is 0 Å². The Labute approximate surface area is 83.8 Å². The fourth-order valence-electron chi connectivity index (χ4n) is 1.74. The van der Waals surface area contributed by atoms with E-state index in [0.29, 0.717) is 6.04 Å². The van der Waals surface area contributed by atoms with Gasteiger partial charge in [-0.1, -0.05) is 34.3 Å². The normalized spacial score (nSPS) is 26.7. The summed E-state index contributed by atoms with van der Waals surface area (Å²) in [6, 6.07) is 0.711. The molecule has 1 heteroatoms. The standard InChI is InChI=1S/C10H19N.C2H6/c1-5-9(3)11-7-6-8(2)10(11)4;1-2/h8,10H,3,5-7H2,1-2,4H3;1-2H3. The van der Waals surface area contributed by atoms with Crippen molar-refractivity contribution in [3.05, 3.63) is 12.3 Å². The first-order valence-electron chi connectivity index (χ1n) is 5.61. The van der Waals surface area contributed by atoms with Gasteiger partial charge in [-0.2, -0.15) is 0 Å². The van der Waals surface area contributed by atoms with Crippen molar-refractivity contribution in [1.29, 1.82) is 0 Å². The van der Waals surface area contributed by atoms with Gasteiger partial charge in [0.25, 0.3) is 0 Å². The molecule has 0 bridgehead atoms. The Morgan fingerprint density at radius 1 is 1.38 bits per heavy atom. The third-order valence-corrected chi connectivity index (χ3v) is 2.95. The smallest absolute Gasteiger partial charge is 0.0284 e. The van der Waals surface area contributed by atoms with Gasteiger partial charge < -0.3 is 4.90 Å². The molecule has 0 aliphatic carbocycles. The summed E-state index contributed by atoms with van der Waals surface area (Å²) in [6.45, 7) is 16.1. The average Bonchev–Trinajstić information content (AvgIpc) is 2.50. The maximum absolute atomic E-state index is 4.07. The summed E-state index contributed by atoms with van der Waals surface area (Å²) >= 11 is 0. The summed E-state index contributed by atoms with van der Waals surface area (Å²) in [4.78, 5) is 2.45. The molecule has 13 heavy (non-hydrogen) atoms. The van der Waals surface area contributed by atoms with Crippen LogP contribution in [0.4, 0.5) is 0 Å². The molecular weight excluding hydrogens is 158 g/mol. The van der Waals surface area contributed by atoms with Crippen LogP contribution >= 0.6 is 0 Å². The molecule has 1 nitrogen and oxygen atoms in total. The van der Waals surface area contributed by atoms with Crippen molar-refractivity contribution >= 4 is 0 Å². The third-order valence-electron chi connectivity index (χ3n) is 2.95. The van der Waals surface area contributed by atoms with E-state index in [4.69, 9.17) is 0 Å². The Morgan fingerprint density at radius 2 is 1.92 bits per heavy atom. The monoisotopic (exact) mass is 183 g/mol. The molecule has 1 aliphatic heterocycles. The van der Waals surface area contributed by atoms with E-state index in [1.54, 1.807) is 0 Å². The molecule has 78 valence electrons. The molecule has 0 aromatic heterocycles. The van der Waals surface area contributed by atoms with E-state index < -0.39 is 0 Å². The Hall–Kier alpha value is -0.460. The summed E-state index contributed by atoms with van der Waals surface area (Å²) in [6.07, 6.45) is 2.43. The number of rotatable bonds is 2. The van der Waals surface area contributed by atoms with Crippen LogP contribution in [0.15, 0.2) is 12.3 Å². The maximum atomic E-state index is 4.07. The number of nitrogens with zero attached hydrogens (tertiary/aromatic N) is 1. The first-order chi connectivity index (χ1) is 6.16. The second-order valence-electron chi connectivity index (χ2n) is 3.62. The number of hydrogen-bond donors (Lipinski definition) is 0. The van der Waals surface area contributed by atoms with Crippen LogP contribution in [0.2, 0.25) is 0 Å². The summed E-state index contributed by atoms with van der Waals surface area (Å²) in [7, 11) is 0. The highest BCUT2D eigenvalue weighted by Gasteiger charge is 2.26. The van der Waals surface area contributed by atoms with Crippen molar-refractivity contribution < 1.29 is 0 Å². The van der Waals surface area contributed by atoms with Gasteiger partial charge in [0.2, 0.25) is 0 Å². The topological polar surface area (TPSA) is 3.24 Å². The molecule has 1 fully saturated rings. The minimum Gasteiger partial charge on any atom is -0.372 e. The van der Waals surface area contributed by atoms with Crippen LogP contribution in [0.25, 0.3) is 0 Å². The summed E-state index contributed by atoms with van der Waals surface area (Å²) in [5.41, 5.74) is 1.31. The number of hydrogen-bond acceptors (Lipinski definition) is 1. The molecule has 2 atom stereocenters. The van der Waals surface area contributed by atoms with Crippen LogP contribution in [0, 0.1) is 5.92 Å². The Kier molecular flexibility index (Phi) is 5.85. The van der Waals surface area contributed by atoms with Crippen LogP contribution in [0.1, 0.15) is 47.5 Å². The van der Waals surface area contributed by atoms with Crippen molar-refractivity contribution in [3.63, 3.8) is 0 Å². The molecule has 0 radical (unpaired) electrons. The first-order valence-corrected chi connectivity index (χ1v) is 5.61. The largest absolute Gasteiger partial charge is 0.372 e. The number of allylic oxidation sites excluding steroid dienone is 1. The minimum absolute atomic E-state index is 0.711. The minimum atomic E-state index is 0.711. The van der Waals surface area contributed by atoms with Gasteiger partial charge in [0.1, 0.15) is 0 Å². The molecule has 1 aliphatic rings. The zero-order valence-electron chi connectivity index (χ0n) is 9.93. The van der Waals surface area contributed by atoms with Crippen LogP contribution in [0.3, 0.4) is 0 Å². The summed E-state index contributed by atoms with van der Waals surface area (Å²) in [5.74, 6) is 0.846. The fraction of sp³-hybridized carbons (Fsp3) is 0.833. The average molecular weight is 183 g/mol. The van der Waals surface area contributed by atoms with Crippen LogP contribution in [-0.2, 0) is 0 Å². The van der Waals surface area contributed by atoms with Crippen molar-refractivity contribution in [3.8, 4) is 0 Å². The van der Waals surface area contributed by atoms with E-state index in [9.17, 15) is 0 Å². The number of likely N-dealkylation sites (tertiary alicyclic amines) is 1. The quantitative estimate of drug-likeness (QED) is 0.631. The van der Waals surface area contributed by atoms with Gasteiger partial charge >= 0.3 is 0 Å². The van der Waals surface area contributed by atoms with Gasteiger partial charge in [-0.05, 0) is 25.7 Å². The lowest BCUT2D eigenvalue weighted by Gasteiger charge is -2.26. The predicted octanol–water partition coefficient (Wildman–Crippen LogP) is 3.67. The van der Waals surface area contributed by atoms with E-state index in [1.165, 1.54) is 18.7 Å². The van der Waals surface area contributed by atoms with Gasteiger partial charge in [-0.15, -0.1) is 0 Å². The third kappa shape index (κ3) is 3.06. The van der Waals surface area contributed by atoms with Gasteiger partial charge in [-0.3, -0.25) is 0 Å². The second kappa shape index (κ2) is 6.06. The van der Waals surface area contributed by atoms with Crippen LogP contribution in [0.5, 0.6) is 0 Å². The molecule has 2 unspecified atom stereocenters. The molecule has 1 heterocycles. The van der Waals surface area contributed by atoms with Crippen molar-refractivity contribution in [2.24, 2.45) is 5.92 Å². The Bertz CT molecular complexity index is 151. The SMILES string of the molecule is C=C(CC)N1CCC(C)C1C.CC. The molecule has 0 N–H and O–H groups in total. The van der Waals surface area contributed by atoms with Crippen LogP contribution in [-0.4, -0.2) is 17.5 Å². The van der Waals surface area contributed by atoms with E-state index in [-0.39, 0.29) is 0 Å². The Balaban J connectivity index is 0.000000671. The van der Waals surface area contributed by atoms with E-state index >= 15 is 0 Å². The highest BCUT2D eigenvalue weighted by atomic mass is 15.2. The molecule has 0 aromatic rings. The summed E-state index contributed by atoms with van der Waals surface area (Å²) in [5, 5.41) is 0. The highest BCUT2D eigenvalue weighted by Crippen LogP contribution is 2.27. The molecule has 0 spiro atoms. The molecular formula is C12H25N. The first kappa shape index (κ1) is 12.5. The lowest BCUT2D eigenvalue weighted by molar-refractivity contribution is 0.303. The van der Waals surface area contributed by atoms with E-state index in [2.05, 4.69) is 32.3 Å².